The van der Waals surface area contributed by atoms with Gasteiger partial charge in [0.2, 0.25) is 5.91 Å². The number of rotatable bonds is 4. The number of primary amides is 1. The van der Waals surface area contributed by atoms with Gasteiger partial charge in [-0.2, -0.15) is 0 Å². The number of aromatic amines is 1. The molecular formula is C15H15N3O3. The van der Waals surface area contributed by atoms with Crippen molar-refractivity contribution in [2.24, 2.45) is 5.73 Å². The van der Waals surface area contributed by atoms with Crippen LogP contribution in [0.3, 0.4) is 0 Å². The molecule has 0 fully saturated rings. The van der Waals surface area contributed by atoms with E-state index in [0.717, 1.165) is 5.56 Å². The first-order valence-electron chi connectivity index (χ1n) is 6.33. The number of nitrogens with one attached hydrogen (secondary N) is 2. The third kappa shape index (κ3) is 3.56. The van der Waals surface area contributed by atoms with Crippen LogP contribution in [0.15, 0.2) is 41.3 Å². The summed E-state index contributed by atoms with van der Waals surface area (Å²) in [6.45, 7) is 1.94. The molecule has 6 nitrogen and oxygen atoms in total. The Morgan fingerprint density at radius 2 is 2.05 bits per heavy atom. The molecule has 0 saturated carbocycles. The lowest BCUT2D eigenvalue weighted by atomic mass is 10.1. The summed E-state index contributed by atoms with van der Waals surface area (Å²) in [6, 6.07) is 8.00. The van der Waals surface area contributed by atoms with E-state index in [9.17, 15) is 14.4 Å². The van der Waals surface area contributed by atoms with Crippen molar-refractivity contribution in [3.05, 3.63) is 69.1 Å². The molecule has 4 N–H and O–H groups in total. The normalized spacial score (nSPS) is 10.1. The molecule has 0 bridgehead atoms. The number of hydrogen-bond donors (Lipinski definition) is 3. The van der Waals surface area contributed by atoms with Crippen molar-refractivity contribution in [2.75, 3.05) is 0 Å². The maximum absolute atomic E-state index is 11.9. The lowest BCUT2D eigenvalue weighted by Gasteiger charge is -2.06. The van der Waals surface area contributed by atoms with Crippen molar-refractivity contribution in [2.45, 2.75) is 13.5 Å². The largest absolute Gasteiger partial charge is 0.366 e. The Hall–Kier alpha value is -2.89. The minimum atomic E-state index is -0.529. The van der Waals surface area contributed by atoms with Gasteiger partial charge >= 0.3 is 0 Å². The molecule has 2 rings (SSSR count). The van der Waals surface area contributed by atoms with Gasteiger partial charge in [0, 0.05) is 30.1 Å². The SMILES string of the molecule is Cc1cc(=O)c(C(=O)NCc2cccc(C(N)=O)c2)c[nH]1. The van der Waals surface area contributed by atoms with E-state index in [-0.39, 0.29) is 17.5 Å². The summed E-state index contributed by atoms with van der Waals surface area (Å²) < 4.78 is 0. The number of amides is 2. The summed E-state index contributed by atoms with van der Waals surface area (Å²) in [5, 5.41) is 2.63. The van der Waals surface area contributed by atoms with Crippen LogP contribution >= 0.6 is 0 Å². The minimum Gasteiger partial charge on any atom is -0.366 e. The summed E-state index contributed by atoms with van der Waals surface area (Å²) in [7, 11) is 0. The van der Waals surface area contributed by atoms with Gasteiger partial charge in [-0.25, -0.2) is 0 Å². The van der Waals surface area contributed by atoms with Crippen molar-refractivity contribution >= 4 is 11.8 Å². The first kappa shape index (κ1) is 14.5. The molecule has 2 amide bonds. The highest BCUT2D eigenvalue weighted by Gasteiger charge is 2.10. The van der Waals surface area contributed by atoms with Crippen LogP contribution in [0.25, 0.3) is 0 Å². The molecule has 0 atom stereocenters. The van der Waals surface area contributed by atoms with Crippen molar-refractivity contribution in [1.82, 2.24) is 10.3 Å². The quantitative estimate of drug-likeness (QED) is 0.770. The fraction of sp³-hybridized carbons (Fsp3) is 0.133. The Morgan fingerprint density at radius 3 is 2.71 bits per heavy atom. The predicted molar refractivity (Wildman–Crippen MR) is 77.9 cm³/mol. The van der Waals surface area contributed by atoms with Crippen LogP contribution in [0, 0.1) is 6.92 Å². The molecule has 0 unspecified atom stereocenters. The molecule has 0 aliphatic heterocycles. The van der Waals surface area contributed by atoms with Gasteiger partial charge < -0.3 is 16.0 Å². The molecule has 1 aromatic heterocycles. The van der Waals surface area contributed by atoms with Gasteiger partial charge in [0.05, 0.1) is 0 Å². The van der Waals surface area contributed by atoms with E-state index < -0.39 is 11.8 Å². The molecular weight excluding hydrogens is 270 g/mol. The molecule has 0 radical (unpaired) electrons. The summed E-state index contributed by atoms with van der Waals surface area (Å²) in [4.78, 5) is 37.5. The second-order valence-corrected chi connectivity index (χ2v) is 4.64. The Balaban J connectivity index is 2.09. The van der Waals surface area contributed by atoms with E-state index in [2.05, 4.69) is 10.3 Å². The monoisotopic (exact) mass is 285 g/mol. The lowest BCUT2D eigenvalue weighted by molar-refractivity contribution is 0.0948. The topological polar surface area (TPSA) is 105 Å². The van der Waals surface area contributed by atoms with E-state index in [4.69, 9.17) is 5.73 Å². The molecule has 108 valence electrons. The average molecular weight is 285 g/mol. The molecule has 1 heterocycles. The Bertz CT molecular complexity index is 750. The summed E-state index contributed by atoms with van der Waals surface area (Å²) in [5.41, 5.74) is 6.68. The summed E-state index contributed by atoms with van der Waals surface area (Å²) >= 11 is 0. The molecule has 2 aromatic rings. The number of H-pyrrole nitrogens is 1. The van der Waals surface area contributed by atoms with E-state index in [1.54, 1.807) is 31.2 Å². The molecule has 0 spiro atoms. The van der Waals surface area contributed by atoms with Crippen LogP contribution in [0.5, 0.6) is 0 Å². The van der Waals surface area contributed by atoms with Crippen molar-refractivity contribution < 1.29 is 9.59 Å². The highest BCUT2D eigenvalue weighted by Crippen LogP contribution is 2.04. The zero-order chi connectivity index (χ0) is 15.4. The van der Waals surface area contributed by atoms with Gasteiger partial charge in [0.25, 0.3) is 5.91 Å². The van der Waals surface area contributed by atoms with Gasteiger partial charge in [0.15, 0.2) is 5.43 Å². The zero-order valence-corrected chi connectivity index (χ0v) is 11.5. The van der Waals surface area contributed by atoms with Crippen LogP contribution in [-0.4, -0.2) is 16.8 Å². The predicted octanol–water partition coefficient (Wildman–Crippen LogP) is 0.712. The first-order valence-corrected chi connectivity index (χ1v) is 6.33. The first-order chi connectivity index (χ1) is 9.97. The van der Waals surface area contributed by atoms with Crippen LogP contribution < -0.4 is 16.5 Å². The molecule has 1 aromatic carbocycles. The highest BCUT2D eigenvalue weighted by atomic mass is 16.2. The number of aromatic nitrogens is 1. The maximum atomic E-state index is 11.9. The van der Waals surface area contributed by atoms with Crippen LogP contribution in [0.1, 0.15) is 32.0 Å². The van der Waals surface area contributed by atoms with E-state index in [0.29, 0.717) is 11.3 Å². The van der Waals surface area contributed by atoms with E-state index >= 15 is 0 Å². The Morgan fingerprint density at radius 1 is 1.29 bits per heavy atom. The van der Waals surface area contributed by atoms with E-state index in [1.165, 1.54) is 12.3 Å². The number of nitrogens with two attached hydrogens (primary N) is 1. The summed E-state index contributed by atoms with van der Waals surface area (Å²) in [6.07, 6.45) is 1.38. The number of carbonyl (C=O) groups excluding carboxylic acids is 2. The van der Waals surface area contributed by atoms with Gasteiger partial charge in [-0.15, -0.1) is 0 Å². The fourth-order valence-corrected chi connectivity index (χ4v) is 1.86. The van der Waals surface area contributed by atoms with Gasteiger partial charge in [0.1, 0.15) is 5.56 Å². The smallest absolute Gasteiger partial charge is 0.257 e. The van der Waals surface area contributed by atoms with Crippen molar-refractivity contribution in [1.29, 1.82) is 0 Å². The Labute approximate surface area is 121 Å². The number of pyridine rings is 1. The van der Waals surface area contributed by atoms with Gasteiger partial charge in [-0.1, -0.05) is 12.1 Å². The lowest BCUT2D eigenvalue weighted by Crippen LogP contribution is -2.28. The zero-order valence-electron chi connectivity index (χ0n) is 11.5. The minimum absolute atomic E-state index is 0.0478. The van der Waals surface area contributed by atoms with Crippen LogP contribution in [-0.2, 0) is 6.54 Å². The summed E-state index contributed by atoms with van der Waals surface area (Å²) in [5.74, 6) is -1.00. The molecule has 6 heteroatoms. The number of carbonyl (C=O) groups is 2. The molecule has 0 aliphatic rings. The second kappa shape index (κ2) is 6.04. The Kier molecular flexibility index (Phi) is 4.18. The number of hydrogen-bond acceptors (Lipinski definition) is 3. The number of aryl methyl sites for hydroxylation is 1. The molecule has 0 saturated heterocycles. The average Bonchev–Trinajstić information content (AvgIpc) is 2.45. The van der Waals surface area contributed by atoms with Gasteiger partial charge in [-0.3, -0.25) is 14.4 Å². The third-order valence-electron chi connectivity index (χ3n) is 2.97. The molecule has 21 heavy (non-hydrogen) atoms. The van der Waals surface area contributed by atoms with Crippen molar-refractivity contribution in [3.63, 3.8) is 0 Å². The third-order valence-corrected chi connectivity index (χ3v) is 2.97. The van der Waals surface area contributed by atoms with Crippen molar-refractivity contribution in [3.8, 4) is 0 Å². The highest BCUT2D eigenvalue weighted by molar-refractivity contribution is 5.94. The van der Waals surface area contributed by atoms with E-state index in [1.807, 2.05) is 0 Å². The van der Waals surface area contributed by atoms with Crippen LogP contribution in [0.2, 0.25) is 0 Å². The second-order valence-electron chi connectivity index (χ2n) is 4.64. The maximum Gasteiger partial charge on any atom is 0.257 e. The fourth-order valence-electron chi connectivity index (χ4n) is 1.86. The standard InChI is InChI=1S/C15H15N3O3/c1-9-5-13(19)12(8-17-9)15(21)18-7-10-3-2-4-11(6-10)14(16)20/h2-6,8H,7H2,1H3,(H2,16,20)(H,17,19)(H,18,21). The molecule has 0 aliphatic carbocycles. The number of benzene rings is 1. The van der Waals surface area contributed by atoms with Gasteiger partial charge in [-0.05, 0) is 24.6 Å². The van der Waals surface area contributed by atoms with Crippen LogP contribution in [0.4, 0.5) is 0 Å².